The lowest BCUT2D eigenvalue weighted by Gasteiger charge is -2.09. The number of hydrazine groups is 1. The van der Waals surface area contributed by atoms with E-state index in [0.29, 0.717) is 22.1 Å². The highest BCUT2D eigenvalue weighted by molar-refractivity contribution is 6.35. The van der Waals surface area contributed by atoms with Crippen molar-refractivity contribution in [1.29, 1.82) is 0 Å². The van der Waals surface area contributed by atoms with Crippen LogP contribution in [0.3, 0.4) is 0 Å². The number of carbonyl (C=O) groups excluding carboxylic acids is 1. The molecule has 2 N–H and O–H groups in total. The molecule has 0 unspecified atom stereocenters. The molecule has 0 saturated carbocycles. The first-order valence-electron chi connectivity index (χ1n) is 8.16. The first kappa shape index (κ1) is 17.7. The van der Waals surface area contributed by atoms with Crippen LogP contribution in [0.15, 0.2) is 59.5 Å². The van der Waals surface area contributed by atoms with Crippen molar-refractivity contribution in [2.75, 3.05) is 12.0 Å². The van der Waals surface area contributed by atoms with Crippen molar-refractivity contribution in [2.24, 2.45) is 0 Å². The minimum absolute atomic E-state index is 0.0405. The summed E-state index contributed by atoms with van der Waals surface area (Å²) in [5.74, 6) is 0.379. The summed E-state index contributed by atoms with van der Waals surface area (Å²) in [5.41, 5.74) is 6.29. The van der Waals surface area contributed by atoms with E-state index in [-0.39, 0.29) is 12.6 Å². The number of benzene rings is 1. The van der Waals surface area contributed by atoms with Gasteiger partial charge in [0.15, 0.2) is 6.61 Å². The maximum absolute atomic E-state index is 12.0. The fourth-order valence-corrected chi connectivity index (χ4v) is 2.64. The van der Waals surface area contributed by atoms with Crippen LogP contribution < -0.4 is 15.6 Å². The van der Waals surface area contributed by atoms with Gasteiger partial charge in [0.2, 0.25) is 5.82 Å². The highest BCUT2D eigenvalue weighted by atomic mass is 35.5. The third-order valence-corrected chi connectivity index (χ3v) is 4.04. The fourth-order valence-electron chi connectivity index (χ4n) is 2.42. The minimum atomic E-state index is -0.442. The largest absolute Gasteiger partial charge is 0.481 e. The van der Waals surface area contributed by atoms with Gasteiger partial charge in [0.25, 0.3) is 5.91 Å². The number of hydrogen-bond donors (Lipinski definition) is 2. The lowest BCUT2D eigenvalue weighted by atomic mass is 10.2. The molecule has 4 rings (SSSR count). The second kappa shape index (κ2) is 7.89. The third-order valence-electron chi connectivity index (χ3n) is 3.71. The molecule has 0 radical (unpaired) electrons. The van der Waals surface area contributed by atoms with Gasteiger partial charge in [-0.05, 0) is 36.4 Å². The molecule has 0 saturated heterocycles. The summed E-state index contributed by atoms with van der Waals surface area (Å²) in [6.45, 7) is -0.244. The van der Waals surface area contributed by atoms with Crippen molar-refractivity contribution in [3.05, 3.63) is 60.0 Å². The second-order valence-electron chi connectivity index (χ2n) is 5.57. The number of carbonyl (C=O) groups is 1. The molecule has 0 fully saturated rings. The molecular weight excluding hydrogens is 384 g/mol. The van der Waals surface area contributed by atoms with Gasteiger partial charge < -0.3 is 9.26 Å². The highest BCUT2D eigenvalue weighted by Crippen LogP contribution is 2.29. The van der Waals surface area contributed by atoms with Crippen LogP contribution >= 0.6 is 11.6 Å². The quantitative estimate of drug-likeness (QED) is 0.478. The Labute approximate surface area is 163 Å². The molecule has 0 aliphatic heterocycles. The molecule has 140 valence electrons. The molecule has 28 heavy (non-hydrogen) atoms. The standard InChI is InChI=1S/C18H13ClN6O3/c19-13-3-4-14(16-12(13)2-1-7-21-16)27-10-15(26)23-24-18-22-17(25-28-18)11-5-8-20-9-6-11/h1-9H,10H2,(H,23,26)(H,22,24,25). The summed E-state index contributed by atoms with van der Waals surface area (Å²) in [4.78, 5) is 24.3. The number of ether oxygens (including phenoxy) is 1. The van der Waals surface area contributed by atoms with Crippen LogP contribution in [0.25, 0.3) is 22.3 Å². The van der Waals surface area contributed by atoms with E-state index >= 15 is 0 Å². The summed E-state index contributed by atoms with van der Waals surface area (Å²) < 4.78 is 10.6. The zero-order valence-corrected chi connectivity index (χ0v) is 15.1. The number of nitrogens with zero attached hydrogens (tertiary/aromatic N) is 4. The average Bonchev–Trinajstić information content (AvgIpc) is 3.22. The summed E-state index contributed by atoms with van der Waals surface area (Å²) in [5, 5.41) is 5.12. The van der Waals surface area contributed by atoms with Gasteiger partial charge in [-0.25, -0.2) is 5.43 Å². The number of pyridine rings is 2. The van der Waals surface area contributed by atoms with Crippen LogP contribution in [0.1, 0.15) is 0 Å². The second-order valence-corrected chi connectivity index (χ2v) is 5.97. The Hall–Kier alpha value is -3.72. The van der Waals surface area contributed by atoms with Crippen LogP contribution in [-0.4, -0.2) is 32.6 Å². The van der Waals surface area contributed by atoms with Crippen molar-refractivity contribution < 1.29 is 14.1 Å². The number of anilines is 1. The normalized spacial score (nSPS) is 10.6. The van der Waals surface area contributed by atoms with Gasteiger partial charge in [0.05, 0.1) is 5.02 Å². The fraction of sp³-hybridized carbons (Fsp3) is 0.0556. The van der Waals surface area contributed by atoms with Crippen LogP contribution in [0.2, 0.25) is 5.02 Å². The van der Waals surface area contributed by atoms with Gasteiger partial charge in [-0.15, -0.1) is 0 Å². The molecule has 4 aromatic rings. The molecule has 3 heterocycles. The lowest BCUT2D eigenvalue weighted by molar-refractivity contribution is -0.122. The van der Waals surface area contributed by atoms with Crippen LogP contribution in [-0.2, 0) is 4.79 Å². The zero-order chi connectivity index (χ0) is 19.3. The van der Waals surface area contributed by atoms with Crippen molar-refractivity contribution >= 4 is 34.4 Å². The Bertz CT molecular complexity index is 1120. The van der Waals surface area contributed by atoms with E-state index < -0.39 is 5.91 Å². The zero-order valence-electron chi connectivity index (χ0n) is 14.3. The Balaban J connectivity index is 1.35. The van der Waals surface area contributed by atoms with Gasteiger partial charge in [-0.3, -0.25) is 20.2 Å². The number of aromatic nitrogens is 4. The molecule has 9 nitrogen and oxygen atoms in total. The summed E-state index contributed by atoms with van der Waals surface area (Å²) in [7, 11) is 0. The van der Waals surface area contributed by atoms with Crippen LogP contribution in [0.5, 0.6) is 5.75 Å². The SMILES string of the molecule is O=C(COc1ccc(Cl)c2cccnc12)NNc1nc(-c2ccncc2)no1. The van der Waals surface area contributed by atoms with Gasteiger partial charge in [0, 0.05) is 29.5 Å². The average molecular weight is 397 g/mol. The van der Waals surface area contributed by atoms with Gasteiger partial charge in [0.1, 0.15) is 11.3 Å². The van der Waals surface area contributed by atoms with Crippen molar-refractivity contribution in [1.82, 2.24) is 25.5 Å². The Morgan fingerprint density at radius 3 is 2.86 bits per heavy atom. The molecule has 1 aromatic carbocycles. The molecule has 0 atom stereocenters. The van der Waals surface area contributed by atoms with E-state index in [9.17, 15) is 4.79 Å². The molecule has 0 bridgehead atoms. The van der Waals surface area contributed by atoms with E-state index in [1.54, 1.807) is 48.9 Å². The third kappa shape index (κ3) is 3.84. The predicted molar refractivity (Wildman–Crippen MR) is 102 cm³/mol. The molecule has 1 amide bonds. The van der Waals surface area contributed by atoms with Crippen LogP contribution in [0, 0.1) is 0 Å². The topological polar surface area (TPSA) is 115 Å². The molecular formula is C18H13ClN6O3. The first-order valence-corrected chi connectivity index (χ1v) is 8.53. The molecule has 0 aliphatic rings. The smallest absolute Gasteiger partial charge is 0.340 e. The monoisotopic (exact) mass is 396 g/mol. The van der Waals surface area contributed by atoms with Gasteiger partial charge >= 0.3 is 6.01 Å². The highest BCUT2D eigenvalue weighted by Gasteiger charge is 2.11. The number of rotatable bonds is 6. The van der Waals surface area contributed by atoms with E-state index in [2.05, 4.69) is 31.0 Å². The van der Waals surface area contributed by atoms with E-state index in [4.69, 9.17) is 20.9 Å². The maximum atomic E-state index is 12.0. The maximum Gasteiger partial charge on any atom is 0.340 e. The van der Waals surface area contributed by atoms with E-state index in [0.717, 1.165) is 10.9 Å². The minimum Gasteiger partial charge on any atom is -0.481 e. The summed E-state index contributed by atoms with van der Waals surface area (Å²) >= 11 is 6.14. The number of halogens is 1. The van der Waals surface area contributed by atoms with Crippen LogP contribution in [0.4, 0.5) is 6.01 Å². The first-order chi connectivity index (χ1) is 13.7. The van der Waals surface area contributed by atoms with Gasteiger partial charge in [-0.2, -0.15) is 4.98 Å². The summed E-state index contributed by atoms with van der Waals surface area (Å²) in [6, 6.07) is 10.5. The Kier molecular flexibility index (Phi) is 4.98. The van der Waals surface area contributed by atoms with E-state index in [1.165, 1.54) is 0 Å². The number of amides is 1. The number of hydrogen-bond acceptors (Lipinski definition) is 8. The molecule has 10 heteroatoms. The predicted octanol–water partition coefficient (Wildman–Crippen LogP) is 2.86. The molecule has 3 aromatic heterocycles. The van der Waals surface area contributed by atoms with Gasteiger partial charge in [-0.1, -0.05) is 16.8 Å². The van der Waals surface area contributed by atoms with E-state index in [1.807, 2.05) is 6.07 Å². The lowest BCUT2D eigenvalue weighted by Crippen LogP contribution is -2.33. The van der Waals surface area contributed by atoms with Crippen molar-refractivity contribution in [3.8, 4) is 17.1 Å². The Morgan fingerprint density at radius 1 is 1.14 bits per heavy atom. The number of fused-ring (bicyclic) bond motifs is 1. The number of nitrogens with one attached hydrogen (secondary N) is 2. The Morgan fingerprint density at radius 2 is 2.00 bits per heavy atom. The van der Waals surface area contributed by atoms with Crippen molar-refractivity contribution in [3.63, 3.8) is 0 Å². The van der Waals surface area contributed by atoms with Crippen molar-refractivity contribution in [2.45, 2.75) is 0 Å². The molecule has 0 spiro atoms. The molecule has 0 aliphatic carbocycles. The summed E-state index contributed by atoms with van der Waals surface area (Å²) in [6.07, 6.45) is 4.86.